The van der Waals surface area contributed by atoms with Crippen LogP contribution < -0.4 is 0 Å². The molecule has 0 spiro atoms. The second kappa shape index (κ2) is 26.6. The molecule has 41 heavy (non-hydrogen) atoms. The number of rotatable bonds is 31. The van der Waals surface area contributed by atoms with E-state index in [1.807, 2.05) is 0 Å². The van der Waals surface area contributed by atoms with Crippen molar-refractivity contribution >= 4 is 11.9 Å². The van der Waals surface area contributed by atoms with Gasteiger partial charge in [-0.3, -0.25) is 9.59 Å². The topological polar surface area (TPSA) is 74.6 Å². The van der Waals surface area contributed by atoms with E-state index >= 15 is 0 Å². The van der Waals surface area contributed by atoms with Crippen LogP contribution in [0.1, 0.15) is 202 Å². The van der Waals surface area contributed by atoms with Crippen LogP contribution in [0.3, 0.4) is 0 Å². The molecule has 0 saturated heterocycles. The molecule has 0 amide bonds. The van der Waals surface area contributed by atoms with Crippen LogP contribution >= 0.6 is 0 Å². The van der Waals surface area contributed by atoms with Crippen LogP contribution in [0.25, 0.3) is 0 Å². The maximum atomic E-state index is 13.0. The van der Waals surface area contributed by atoms with E-state index in [1.54, 1.807) is 0 Å². The van der Waals surface area contributed by atoms with Crippen LogP contribution in [0.2, 0.25) is 0 Å². The van der Waals surface area contributed by atoms with Crippen LogP contribution in [0.4, 0.5) is 0 Å². The number of unbranched alkanes of at least 4 members (excludes halogenated alkanes) is 14. The average molecular weight is 581 g/mol. The molecule has 0 fully saturated rings. The molecule has 0 aromatic rings. The van der Waals surface area contributed by atoms with Gasteiger partial charge >= 0.3 is 11.9 Å². The van der Waals surface area contributed by atoms with Gasteiger partial charge in [-0.2, -0.15) is 0 Å². The Morgan fingerprint density at radius 1 is 0.537 bits per heavy atom. The van der Waals surface area contributed by atoms with Gasteiger partial charge in [0.15, 0.2) is 0 Å². The monoisotopic (exact) mass is 581 g/mol. The van der Waals surface area contributed by atoms with Crippen LogP contribution in [-0.4, -0.2) is 22.2 Å². The number of aliphatic carboxylic acids is 2. The molecule has 0 aromatic carbocycles. The Morgan fingerprint density at radius 3 is 1.27 bits per heavy atom. The molecule has 0 radical (unpaired) electrons. The Balaban J connectivity index is 4.50. The van der Waals surface area contributed by atoms with Gasteiger partial charge < -0.3 is 10.2 Å². The molecule has 0 rings (SSSR count). The molecule has 244 valence electrons. The summed E-state index contributed by atoms with van der Waals surface area (Å²) in [6.07, 6.45) is 29.5. The molecule has 0 aromatic heterocycles. The van der Waals surface area contributed by atoms with Gasteiger partial charge in [0, 0.05) is 6.42 Å². The number of hydrogen-bond donors (Lipinski definition) is 2. The molecule has 4 nitrogen and oxygen atoms in total. The third kappa shape index (κ3) is 21.3. The molecule has 0 aliphatic carbocycles. The van der Waals surface area contributed by atoms with Gasteiger partial charge in [0.1, 0.15) is 0 Å². The van der Waals surface area contributed by atoms with Gasteiger partial charge in [-0.15, -0.1) is 0 Å². The minimum absolute atomic E-state index is 0.318. The normalized spacial score (nSPS) is 15.3. The quantitative estimate of drug-likeness (QED) is 0.0800. The lowest BCUT2D eigenvalue weighted by molar-refractivity contribution is -0.153. The van der Waals surface area contributed by atoms with Crippen molar-refractivity contribution in [2.75, 3.05) is 0 Å². The average Bonchev–Trinajstić information content (AvgIpc) is 2.94. The summed E-state index contributed by atoms with van der Waals surface area (Å²) < 4.78 is 0. The van der Waals surface area contributed by atoms with E-state index in [1.165, 1.54) is 116 Å². The van der Waals surface area contributed by atoms with Crippen LogP contribution in [0.15, 0.2) is 0 Å². The largest absolute Gasteiger partial charge is 0.481 e. The summed E-state index contributed by atoms with van der Waals surface area (Å²) in [7, 11) is 0. The van der Waals surface area contributed by atoms with E-state index < -0.39 is 17.4 Å². The molecular weight excluding hydrogens is 508 g/mol. The first kappa shape index (κ1) is 39.9. The molecule has 2 N–H and O–H groups in total. The maximum absolute atomic E-state index is 13.0. The van der Waals surface area contributed by atoms with Gasteiger partial charge in [-0.05, 0) is 43.4 Å². The molecule has 0 aliphatic rings. The highest BCUT2D eigenvalue weighted by atomic mass is 16.4. The summed E-state index contributed by atoms with van der Waals surface area (Å²) in [5.41, 5.74) is -0.555. The molecule has 0 heterocycles. The highest BCUT2D eigenvalue weighted by Gasteiger charge is 2.42. The van der Waals surface area contributed by atoms with Crippen molar-refractivity contribution in [3.05, 3.63) is 0 Å². The van der Waals surface area contributed by atoms with Gasteiger partial charge in [-0.1, -0.05) is 169 Å². The maximum Gasteiger partial charge on any atom is 0.309 e. The molecule has 0 aliphatic heterocycles. The third-order valence-corrected chi connectivity index (χ3v) is 9.73. The summed E-state index contributed by atoms with van der Waals surface area (Å²) in [4.78, 5) is 23.5. The second-order valence-corrected chi connectivity index (χ2v) is 13.7. The number of carboxylic acids is 2. The van der Waals surface area contributed by atoms with Gasteiger partial charge in [-0.25, -0.2) is 0 Å². The molecule has 3 unspecified atom stereocenters. The fourth-order valence-electron chi connectivity index (χ4n) is 6.99. The first-order valence-corrected chi connectivity index (χ1v) is 18.2. The van der Waals surface area contributed by atoms with E-state index in [-0.39, 0.29) is 0 Å². The fraction of sp³-hybridized carbons (Fsp3) is 0.946. The van der Waals surface area contributed by atoms with Crippen molar-refractivity contribution in [2.45, 2.75) is 202 Å². The van der Waals surface area contributed by atoms with Crippen LogP contribution in [0, 0.1) is 23.2 Å². The van der Waals surface area contributed by atoms with E-state index in [9.17, 15) is 14.7 Å². The zero-order chi connectivity index (χ0) is 30.8. The van der Waals surface area contributed by atoms with Crippen molar-refractivity contribution in [1.82, 2.24) is 0 Å². The Labute approximate surface area is 256 Å². The Kier molecular flexibility index (Phi) is 25.9. The molecule has 0 saturated carbocycles. The lowest BCUT2D eigenvalue weighted by Gasteiger charge is -2.38. The lowest BCUT2D eigenvalue weighted by Crippen LogP contribution is -2.37. The van der Waals surface area contributed by atoms with Crippen molar-refractivity contribution in [2.24, 2.45) is 23.2 Å². The van der Waals surface area contributed by atoms with Gasteiger partial charge in [0.25, 0.3) is 0 Å². The zero-order valence-corrected chi connectivity index (χ0v) is 28.3. The SMILES string of the molecule is CCCCC(CC)CC(CC(C)CCCCCCCCCCCCCCCC(=O)O)(CC(CC)CCCC)C(=O)O. The van der Waals surface area contributed by atoms with E-state index in [0.29, 0.717) is 24.2 Å². The molecule has 4 heteroatoms. The first-order chi connectivity index (χ1) is 19.7. The molecular formula is C37H72O4. The standard InChI is InChI=1S/C37H72O4/c1-6-10-26-33(8-3)30-37(36(40)41,31-34(9-4)27-11-7-2)29-32(5)25-23-21-19-17-15-13-12-14-16-18-20-22-24-28-35(38)39/h32-34H,6-31H2,1-5H3,(H,38,39)(H,40,41). The lowest BCUT2D eigenvalue weighted by atomic mass is 9.66. The second-order valence-electron chi connectivity index (χ2n) is 13.7. The van der Waals surface area contributed by atoms with Crippen molar-refractivity contribution in [3.8, 4) is 0 Å². The summed E-state index contributed by atoms with van der Waals surface area (Å²) in [6.45, 7) is 11.3. The van der Waals surface area contributed by atoms with Crippen molar-refractivity contribution in [1.29, 1.82) is 0 Å². The minimum atomic E-state index is -0.670. The summed E-state index contributed by atoms with van der Waals surface area (Å²) in [5, 5.41) is 19.4. The highest BCUT2D eigenvalue weighted by Crippen LogP contribution is 2.44. The summed E-state index contributed by atoms with van der Waals surface area (Å²) >= 11 is 0. The fourth-order valence-corrected chi connectivity index (χ4v) is 6.99. The van der Waals surface area contributed by atoms with Crippen molar-refractivity contribution in [3.63, 3.8) is 0 Å². The smallest absolute Gasteiger partial charge is 0.309 e. The highest BCUT2D eigenvalue weighted by molar-refractivity contribution is 5.74. The Morgan fingerprint density at radius 2 is 0.927 bits per heavy atom. The number of hydrogen-bond acceptors (Lipinski definition) is 2. The summed E-state index contributed by atoms with van der Waals surface area (Å²) in [5.74, 6) is 0.350. The molecule has 3 atom stereocenters. The van der Waals surface area contributed by atoms with E-state index in [4.69, 9.17) is 5.11 Å². The van der Waals surface area contributed by atoms with Crippen LogP contribution in [-0.2, 0) is 9.59 Å². The molecule has 0 bridgehead atoms. The number of carboxylic acid groups (broad SMARTS) is 2. The predicted octanol–water partition coefficient (Wildman–Crippen LogP) is 12.2. The number of carbonyl (C=O) groups is 2. The van der Waals surface area contributed by atoms with Crippen LogP contribution in [0.5, 0.6) is 0 Å². The Bertz CT molecular complexity index is 598. The van der Waals surface area contributed by atoms with Crippen molar-refractivity contribution < 1.29 is 19.8 Å². The van der Waals surface area contributed by atoms with Gasteiger partial charge in [0.05, 0.1) is 5.41 Å². The zero-order valence-electron chi connectivity index (χ0n) is 28.3. The summed E-state index contributed by atoms with van der Waals surface area (Å²) in [6, 6.07) is 0. The first-order valence-electron chi connectivity index (χ1n) is 18.2. The predicted molar refractivity (Wildman–Crippen MR) is 177 cm³/mol. The van der Waals surface area contributed by atoms with Gasteiger partial charge in [0.2, 0.25) is 0 Å². The van der Waals surface area contributed by atoms with E-state index in [0.717, 1.165) is 44.9 Å². The minimum Gasteiger partial charge on any atom is -0.481 e. The van der Waals surface area contributed by atoms with E-state index in [2.05, 4.69) is 34.6 Å². The third-order valence-electron chi connectivity index (χ3n) is 9.73. The Hall–Kier alpha value is -1.06.